The first-order valence-electron chi connectivity index (χ1n) is 6.41. The van der Waals surface area contributed by atoms with Crippen LogP contribution in [0.1, 0.15) is 19.3 Å². The first kappa shape index (κ1) is 12.9. The largest absolute Gasteiger partial charge is 0.493 e. The maximum atomic E-state index is 11.5. The number of benzene rings is 1. The first-order valence-corrected chi connectivity index (χ1v) is 6.41. The summed E-state index contributed by atoms with van der Waals surface area (Å²) in [7, 11) is 0. The molecule has 1 aliphatic heterocycles. The summed E-state index contributed by atoms with van der Waals surface area (Å²) in [5.41, 5.74) is 0. The number of nitrogens with one attached hydrogen (secondary N) is 1. The summed E-state index contributed by atoms with van der Waals surface area (Å²) >= 11 is 0. The van der Waals surface area contributed by atoms with Crippen molar-refractivity contribution < 1.29 is 14.3 Å². The van der Waals surface area contributed by atoms with Crippen LogP contribution < -0.4 is 10.1 Å². The molecule has 0 spiro atoms. The highest BCUT2D eigenvalue weighted by Crippen LogP contribution is 2.11. The Morgan fingerprint density at radius 3 is 2.94 bits per heavy atom. The van der Waals surface area contributed by atoms with Gasteiger partial charge in [-0.3, -0.25) is 4.79 Å². The van der Waals surface area contributed by atoms with Gasteiger partial charge in [-0.1, -0.05) is 18.2 Å². The lowest BCUT2D eigenvalue weighted by atomic mass is 10.2. The molecule has 2 rings (SSSR count). The Kier molecular flexibility index (Phi) is 5.02. The zero-order chi connectivity index (χ0) is 12.6. The Labute approximate surface area is 107 Å². The molecule has 98 valence electrons. The van der Waals surface area contributed by atoms with Gasteiger partial charge in [-0.15, -0.1) is 0 Å². The topological polar surface area (TPSA) is 47.6 Å². The van der Waals surface area contributed by atoms with Crippen molar-refractivity contribution >= 4 is 5.91 Å². The van der Waals surface area contributed by atoms with E-state index in [4.69, 9.17) is 9.47 Å². The quantitative estimate of drug-likeness (QED) is 0.835. The molecule has 1 atom stereocenters. The molecule has 1 aliphatic rings. The van der Waals surface area contributed by atoms with Crippen molar-refractivity contribution in [1.82, 2.24) is 5.32 Å². The number of rotatable bonds is 6. The lowest BCUT2D eigenvalue weighted by Crippen LogP contribution is -2.32. The van der Waals surface area contributed by atoms with Gasteiger partial charge in [0.1, 0.15) is 5.75 Å². The van der Waals surface area contributed by atoms with Gasteiger partial charge in [-0.25, -0.2) is 0 Å². The van der Waals surface area contributed by atoms with E-state index in [-0.39, 0.29) is 12.0 Å². The average molecular weight is 249 g/mol. The zero-order valence-electron chi connectivity index (χ0n) is 10.4. The fraction of sp³-hybridized carbons (Fsp3) is 0.500. The van der Waals surface area contributed by atoms with Crippen LogP contribution in [0.5, 0.6) is 5.75 Å². The molecule has 0 saturated carbocycles. The van der Waals surface area contributed by atoms with Gasteiger partial charge in [0.25, 0.3) is 0 Å². The smallest absolute Gasteiger partial charge is 0.223 e. The first-order chi connectivity index (χ1) is 8.84. The number of carbonyl (C=O) groups excluding carboxylic acids is 1. The Hall–Kier alpha value is -1.55. The molecule has 1 saturated heterocycles. The van der Waals surface area contributed by atoms with Crippen LogP contribution in [0.3, 0.4) is 0 Å². The number of ether oxygens (including phenoxy) is 2. The van der Waals surface area contributed by atoms with Crippen LogP contribution in [0.4, 0.5) is 0 Å². The molecular formula is C14H19NO3. The minimum Gasteiger partial charge on any atom is -0.493 e. The Balaban J connectivity index is 1.57. The molecular weight excluding hydrogens is 230 g/mol. The van der Waals surface area contributed by atoms with Crippen molar-refractivity contribution in [3.05, 3.63) is 30.3 Å². The number of para-hydroxylation sites is 1. The van der Waals surface area contributed by atoms with Gasteiger partial charge in [0, 0.05) is 13.2 Å². The SMILES string of the molecule is O=C(CCOc1ccccc1)NCC1CCCO1. The van der Waals surface area contributed by atoms with Crippen molar-refractivity contribution in [3.8, 4) is 5.75 Å². The van der Waals surface area contributed by atoms with E-state index in [9.17, 15) is 4.79 Å². The van der Waals surface area contributed by atoms with Crippen LogP contribution in [-0.4, -0.2) is 31.8 Å². The standard InChI is InChI=1S/C14H19NO3/c16-14(15-11-13-7-4-9-17-13)8-10-18-12-5-2-1-3-6-12/h1-3,5-6,13H,4,7-11H2,(H,15,16). The van der Waals surface area contributed by atoms with Gasteiger partial charge >= 0.3 is 0 Å². The molecule has 0 bridgehead atoms. The zero-order valence-corrected chi connectivity index (χ0v) is 10.4. The maximum Gasteiger partial charge on any atom is 0.223 e. The second-order valence-corrected chi connectivity index (χ2v) is 4.35. The maximum absolute atomic E-state index is 11.5. The molecule has 0 radical (unpaired) electrons. The van der Waals surface area contributed by atoms with E-state index in [2.05, 4.69) is 5.32 Å². The highest BCUT2D eigenvalue weighted by Gasteiger charge is 2.15. The van der Waals surface area contributed by atoms with E-state index in [1.54, 1.807) is 0 Å². The number of amides is 1. The molecule has 18 heavy (non-hydrogen) atoms. The van der Waals surface area contributed by atoms with Gasteiger partial charge in [0.2, 0.25) is 5.91 Å². The third kappa shape index (κ3) is 4.37. The monoisotopic (exact) mass is 249 g/mol. The summed E-state index contributed by atoms with van der Waals surface area (Å²) in [5.74, 6) is 0.811. The highest BCUT2D eigenvalue weighted by atomic mass is 16.5. The Morgan fingerprint density at radius 1 is 1.39 bits per heavy atom. The fourth-order valence-electron chi connectivity index (χ4n) is 1.90. The molecule has 1 N–H and O–H groups in total. The van der Waals surface area contributed by atoms with Crippen LogP contribution in [0, 0.1) is 0 Å². The molecule has 1 aromatic carbocycles. The van der Waals surface area contributed by atoms with E-state index in [1.165, 1.54) is 0 Å². The predicted molar refractivity (Wildman–Crippen MR) is 68.5 cm³/mol. The summed E-state index contributed by atoms with van der Waals surface area (Å²) in [6.45, 7) is 1.84. The normalized spacial score (nSPS) is 18.6. The molecule has 1 amide bonds. The Morgan fingerprint density at radius 2 is 2.22 bits per heavy atom. The second kappa shape index (κ2) is 7.01. The van der Waals surface area contributed by atoms with E-state index in [0.717, 1.165) is 25.2 Å². The van der Waals surface area contributed by atoms with Crippen molar-refractivity contribution in [1.29, 1.82) is 0 Å². The molecule has 1 fully saturated rings. The molecule has 1 aromatic rings. The van der Waals surface area contributed by atoms with E-state index in [1.807, 2.05) is 30.3 Å². The van der Waals surface area contributed by atoms with Crippen molar-refractivity contribution in [2.75, 3.05) is 19.8 Å². The number of hydrogen-bond donors (Lipinski definition) is 1. The summed E-state index contributed by atoms with van der Waals surface area (Å²) in [4.78, 5) is 11.5. The average Bonchev–Trinajstić information content (AvgIpc) is 2.91. The van der Waals surface area contributed by atoms with Crippen LogP contribution in [-0.2, 0) is 9.53 Å². The molecule has 0 aromatic heterocycles. The predicted octanol–water partition coefficient (Wildman–Crippen LogP) is 1.75. The minimum absolute atomic E-state index is 0.0152. The Bertz CT molecular complexity index is 361. The third-order valence-corrected chi connectivity index (χ3v) is 2.89. The molecule has 1 unspecified atom stereocenters. The number of hydrogen-bond acceptors (Lipinski definition) is 3. The summed E-state index contributed by atoms with van der Waals surface area (Å²) < 4.78 is 10.9. The van der Waals surface area contributed by atoms with Gasteiger partial charge in [0.15, 0.2) is 0 Å². The van der Waals surface area contributed by atoms with Crippen molar-refractivity contribution in [3.63, 3.8) is 0 Å². The van der Waals surface area contributed by atoms with Gasteiger partial charge in [-0.05, 0) is 25.0 Å². The summed E-state index contributed by atoms with van der Waals surface area (Å²) in [6.07, 6.45) is 2.71. The summed E-state index contributed by atoms with van der Waals surface area (Å²) in [5, 5.41) is 2.87. The van der Waals surface area contributed by atoms with Gasteiger partial charge in [-0.2, -0.15) is 0 Å². The summed E-state index contributed by atoms with van der Waals surface area (Å²) in [6, 6.07) is 9.51. The lowest BCUT2D eigenvalue weighted by Gasteiger charge is -2.11. The second-order valence-electron chi connectivity index (χ2n) is 4.35. The minimum atomic E-state index is 0.0152. The lowest BCUT2D eigenvalue weighted by molar-refractivity contribution is -0.122. The van der Waals surface area contributed by atoms with Gasteiger partial charge in [0.05, 0.1) is 19.1 Å². The third-order valence-electron chi connectivity index (χ3n) is 2.89. The molecule has 4 nitrogen and oxygen atoms in total. The molecule has 4 heteroatoms. The fourth-order valence-corrected chi connectivity index (χ4v) is 1.90. The van der Waals surface area contributed by atoms with Crippen LogP contribution in [0.25, 0.3) is 0 Å². The molecule has 1 heterocycles. The van der Waals surface area contributed by atoms with Crippen molar-refractivity contribution in [2.45, 2.75) is 25.4 Å². The van der Waals surface area contributed by atoms with E-state index >= 15 is 0 Å². The van der Waals surface area contributed by atoms with Crippen LogP contribution in [0.15, 0.2) is 30.3 Å². The van der Waals surface area contributed by atoms with E-state index < -0.39 is 0 Å². The van der Waals surface area contributed by atoms with Gasteiger partial charge < -0.3 is 14.8 Å². The highest BCUT2D eigenvalue weighted by molar-refractivity contribution is 5.76. The van der Waals surface area contributed by atoms with Crippen LogP contribution in [0.2, 0.25) is 0 Å². The molecule has 0 aliphatic carbocycles. The van der Waals surface area contributed by atoms with E-state index in [0.29, 0.717) is 19.6 Å². The van der Waals surface area contributed by atoms with Crippen LogP contribution >= 0.6 is 0 Å². The van der Waals surface area contributed by atoms with Crippen molar-refractivity contribution in [2.24, 2.45) is 0 Å². The number of carbonyl (C=O) groups is 1.